The fourth-order valence-electron chi connectivity index (χ4n) is 2.30. The second-order valence-electron chi connectivity index (χ2n) is 4.24. The van der Waals surface area contributed by atoms with Crippen molar-refractivity contribution in [3.05, 3.63) is 38.9 Å². The van der Waals surface area contributed by atoms with Crippen molar-refractivity contribution in [2.75, 3.05) is 6.54 Å². The Morgan fingerprint density at radius 3 is 2.78 bits per heavy atom. The average Bonchev–Trinajstić information content (AvgIpc) is 2.30. The van der Waals surface area contributed by atoms with Gasteiger partial charge < -0.3 is 4.74 Å². The number of nitro groups is 1. The summed E-state index contributed by atoms with van der Waals surface area (Å²) in [5.41, 5.74) is 0.644. The lowest BCUT2D eigenvalue weighted by atomic mass is 9.82. The van der Waals surface area contributed by atoms with Gasteiger partial charge in [-0.2, -0.15) is 0 Å². The molecule has 0 bridgehead atoms. The van der Waals surface area contributed by atoms with Crippen LogP contribution < -0.4 is 4.74 Å². The lowest BCUT2D eigenvalue weighted by Crippen LogP contribution is -2.34. The van der Waals surface area contributed by atoms with Crippen LogP contribution in [0.2, 0.25) is 5.02 Å². The number of halogens is 1. The van der Waals surface area contributed by atoms with Crippen LogP contribution >= 0.6 is 11.6 Å². The third kappa shape index (κ3) is 2.31. The van der Waals surface area contributed by atoms with Gasteiger partial charge in [0.1, 0.15) is 5.75 Å². The molecule has 0 amide bonds. The van der Waals surface area contributed by atoms with E-state index < -0.39 is 22.7 Å². The molecule has 96 valence electrons. The quantitative estimate of drug-likeness (QED) is 0.366. The van der Waals surface area contributed by atoms with Crippen molar-refractivity contribution in [1.82, 2.24) is 0 Å². The van der Waals surface area contributed by atoms with Crippen molar-refractivity contribution in [2.45, 2.75) is 19.3 Å². The highest BCUT2D eigenvalue weighted by atomic mass is 35.5. The number of carbonyl (C=O) groups excluding carboxylic acids is 1. The van der Waals surface area contributed by atoms with Crippen molar-refractivity contribution >= 4 is 17.6 Å². The van der Waals surface area contributed by atoms with Gasteiger partial charge in [0, 0.05) is 15.5 Å². The largest absolute Gasteiger partial charge is 0.426 e. The molecule has 1 aliphatic rings. The van der Waals surface area contributed by atoms with Crippen LogP contribution in [0, 0.1) is 16.0 Å². The summed E-state index contributed by atoms with van der Waals surface area (Å²) in [6.07, 6.45) is 0.503. The van der Waals surface area contributed by atoms with Gasteiger partial charge in [0.05, 0.1) is 11.8 Å². The SMILES string of the molecule is CC[C@H]1C(=O)Oc2ccc(Cl)cc2[C@H]1C[N+](=O)[O-]. The van der Waals surface area contributed by atoms with Gasteiger partial charge in [-0.25, -0.2) is 0 Å². The molecule has 0 aliphatic carbocycles. The fourth-order valence-corrected chi connectivity index (χ4v) is 2.49. The van der Waals surface area contributed by atoms with Gasteiger partial charge in [-0.15, -0.1) is 0 Å². The molecule has 2 rings (SSSR count). The first-order valence-electron chi connectivity index (χ1n) is 5.66. The average molecular weight is 270 g/mol. The molecule has 5 nitrogen and oxygen atoms in total. The smallest absolute Gasteiger partial charge is 0.315 e. The number of hydrogen-bond donors (Lipinski definition) is 0. The topological polar surface area (TPSA) is 69.4 Å². The summed E-state index contributed by atoms with van der Waals surface area (Å²) in [4.78, 5) is 22.1. The van der Waals surface area contributed by atoms with Crippen LogP contribution in [0.25, 0.3) is 0 Å². The summed E-state index contributed by atoms with van der Waals surface area (Å²) in [6.45, 7) is 1.52. The lowest BCUT2D eigenvalue weighted by Gasteiger charge is -2.28. The fraction of sp³-hybridized carbons (Fsp3) is 0.417. The third-order valence-corrected chi connectivity index (χ3v) is 3.39. The zero-order valence-corrected chi connectivity index (χ0v) is 10.5. The number of nitrogens with zero attached hydrogens (tertiary/aromatic N) is 1. The maximum Gasteiger partial charge on any atom is 0.315 e. The van der Waals surface area contributed by atoms with Crippen LogP contribution in [0.1, 0.15) is 24.8 Å². The highest BCUT2D eigenvalue weighted by Crippen LogP contribution is 2.40. The Labute approximate surface area is 109 Å². The van der Waals surface area contributed by atoms with Gasteiger partial charge in [-0.05, 0) is 24.6 Å². The van der Waals surface area contributed by atoms with Gasteiger partial charge >= 0.3 is 5.97 Å². The summed E-state index contributed by atoms with van der Waals surface area (Å²) in [5.74, 6) is -0.985. The Kier molecular flexibility index (Phi) is 3.52. The summed E-state index contributed by atoms with van der Waals surface area (Å²) >= 11 is 5.90. The Morgan fingerprint density at radius 2 is 2.17 bits per heavy atom. The van der Waals surface area contributed by atoms with E-state index in [4.69, 9.17) is 16.3 Å². The minimum absolute atomic E-state index is 0.291. The van der Waals surface area contributed by atoms with Crippen molar-refractivity contribution in [3.63, 3.8) is 0 Å². The molecule has 0 saturated heterocycles. The lowest BCUT2D eigenvalue weighted by molar-refractivity contribution is -0.484. The molecule has 1 aliphatic heterocycles. The highest BCUT2D eigenvalue weighted by molar-refractivity contribution is 6.30. The molecule has 2 atom stereocenters. The standard InChI is InChI=1S/C12H12ClNO4/c1-2-8-10(6-14(16)17)9-5-7(13)3-4-11(9)18-12(8)15/h3-5,8,10H,2,6H2,1H3/t8-,10+/m1/s1. The zero-order valence-electron chi connectivity index (χ0n) is 9.76. The molecular formula is C12H12ClNO4. The number of fused-ring (bicyclic) bond motifs is 1. The second-order valence-corrected chi connectivity index (χ2v) is 4.68. The molecule has 6 heteroatoms. The van der Waals surface area contributed by atoms with Gasteiger partial charge in [0.2, 0.25) is 6.54 Å². The monoisotopic (exact) mass is 269 g/mol. The van der Waals surface area contributed by atoms with E-state index in [-0.39, 0.29) is 6.54 Å². The minimum Gasteiger partial charge on any atom is -0.426 e. The van der Waals surface area contributed by atoms with Crippen LogP contribution in [-0.2, 0) is 4.79 Å². The van der Waals surface area contributed by atoms with E-state index in [9.17, 15) is 14.9 Å². The Balaban J connectivity index is 2.47. The number of benzene rings is 1. The third-order valence-electron chi connectivity index (χ3n) is 3.16. The van der Waals surface area contributed by atoms with E-state index in [1.165, 1.54) is 0 Å². The molecule has 1 aromatic rings. The van der Waals surface area contributed by atoms with E-state index >= 15 is 0 Å². The Bertz CT molecular complexity index is 503. The van der Waals surface area contributed by atoms with Gasteiger partial charge in [-0.1, -0.05) is 18.5 Å². The van der Waals surface area contributed by atoms with Crippen LogP contribution in [0.5, 0.6) is 5.75 Å². The van der Waals surface area contributed by atoms with Crippen LogP contribution in [0.4, 0.5) is 0 Å². The molecule has 0 radical (unpaired) electrons. The Morgan fingerprint density at radius 1 is 1.44 bits per heavy atom. The number of carbonyl (C=O) groups is 1. The molecule has 0 N–H and O–H groups in total. The van der Waals surface area contributed by atoms with E-state index in [2.05, 4.69) is 0 Å². The van der Waals surface area contributed by atoms with E-state index in [1.807, 2.05) is 6.92 Å². The first-order valence-corrected chi connectivity index (χ1v) is 6.03. The van der Waals surface area contributed by atoms with E-state index in [0.29, 0.717) is 22.8 Å². The Hall–Kier alpha value is -1.62. The normalized spacial score (nSPS) is 22.2. The van der Waals surface area contributed by atoms with Crippen LogP contribution in [-0.4, -0.2) is 17.4 Å². The van der Waals surface area contributed by atoms with Crippen molar-refractivity contribution < 1.29 is 14.5 Å². The number of ether oxygens (including phenoxy) is 1. The van der Waals surface area contributed by atoms with Gasteiger partial charge in [0.25, 0.3) is 0 Å². The summed E-state index contributed by atoms with van der Waals surface area (Å²) in [7, 11) is 0. The second kappa shape index (κ2) is 4.94. The zero-order chi connectivity index (χ0) is 13.3. The van der Waals surface area contributed by atoms with Crippen LogP contribution in [0.3, 0.4) is 0 Å². The maximum absolute atomic E-state index is 11.8. The molecule has 18 heavy (non-hydrogen) atoms. The minimum atomic E-state index is -0.485. The molecule has 0 fully saturated rings. The first kappa shape index (κ1) is 12.8. The summed E-state index contributed by atoms with van der Waals surface area (Å²) in [6, 6.07) is 4.82. The van der Waals surface area contributed by atoms with Crippen molar-refractivity contribution in [3.8, 4) is 5.75 Å². The number of esters is 1. The van der Waals surface area contributed by atoms with Gasteiger partial charge in [0.15, 0.2) is 0 Å². The highest BCUT2D eigenvalue weighted by Gasteiger charge is 2.39. The predicted octanol–water partition coefficient (Wildman–Crippen LogP) is 2.65. The first-order chi connectivity index (χ1) is 8.52. The van der Waals surface area contributed by atoms with Crippen molar-refractivity contribution in [2.24, 2.45) is 5.92 Å². The maximum atomic E-state index is 11.8. The molecular weight excluding hydrogens is 258 g/mol. The molecule has 0 aromatic heterocycles. The predicted molar refractivity (Wildman–Crippen MR) is 65.5 cm³/mol. The summed E-state index contributed by atoms with van der Waals surface area (Å²) in [5, 5.41) is 11.2. The molecule has 0 unspecified atom stereocenters. The summed E-state index contributed by atoms with van der Waals surface area (Å²) < 4.78 is 5.18. The van der Waals surface area contributed by atoms with Crippen molar-refractivity contribution in [1.29, 1.82) is 0 Å². The number of hydrogen-bond acceptors (Lipinski definition) is 4. The molecule has 1 aromatic carbocycles. The van der Waals surface area contributed by atoms with Gasteiger partial charge in [-0.3, -0.25) is 14.9 Å². The molecule has 0 spiro atoms. The molecule has 1 heterocycles. The van der Waals surface area contributed by atoms with E-state index in [1.54, 1.807) is 18.2 Å². The van der Waals surface area contributed by atoms with Crippen LogP contribution in [0.15, 0.2) is 18.2 Å². The molecule has 0 saturated carbocycles. The number of rotatable bonds is 3. The van der Waals surface area contributed by atoms with E-state index in [0.717, 1.165) is 0 Å².